The molecule has 120 valence electrons. The predicted octanol–water partition coefficient (Wildman–Crippen LogP) is 3.41. The van der Waals surface area contributed by atoms with Gasteiger partial charge in [0.1, 0.15) is 10.7 Å². The van der Waals surface area contributed by atoms with Crippen LogP contribution in [0, 0.1) is 5.82 Å². The van der Waals surface area contributed by atoms with Gasteiger partial charge in [0.15, 0.2) is 0 Å². The van der Waals surface area contributed by atoms with Crippen molar-refractivity contribution in [1.29, 1.82) is 0 Å². The summed E-state index contributed by atoms with van der Waals surface area (Å²) in [5.74, 6) is -0.752. The van der Waals surface area contributed by atoms with E-state index in [1.807, 2.05) is 13.8 Å². The first kappa shape index (κ1) is 18.5. The average molecular weight is 382 g/mol. The summed E-state index contributed by atoms with van der Waals surface area (Å²) in [7, 11) is -2.37. The van der Waals surface area contributed by atoms with Crippen LogP contribution in [0.25, 0.3) is 0 Å². The van der Waals surface area contributed by atoms with Crippen LogP contribution in [0.15, 0.2) is 27.6 Å². The van der Waals surface area contributed by atoms with Crippen molar-refractivity contribution in [2.45, 2.75) is 37.6 Å². The number of rotatable bonds is 8. The van der Waals surface area contributed by atoms with E-state index in [-0.39, 0.29) is 24.1 Å². The Labute approximate surface area is 134 Å². The molecule has 1 aromatic rings. The van der Waals surface area contributed by atoms with E-state index < -0.39 is 15.8 Å². The Morgan fingerprint density at radius 1 is 1.33 bits per heavy atom. The number of hydrogen-bond donors (Lipinski definition) is 0. The lowest BCUT2D eigenvalue weighted by Crippen LogP contribution is -2.42. The van der Waals surface area contributed by atoms with E-state index in [0.717, 1.165) is 6.07 Å². The molecule has 0 spiro atoms. The van der Waals surface area contributed by atoms with Gasteiger partial charge in [-0.1, -0.05) is 29.8 Å². The van der Waals surface area contributed by atoms with Gasteiger partial charge in [-0.2, -0.15) is 4.31 Å². The van der Waals surface area contributed by atoms with E-state index in [0.29, 0.717) is 17.3 Å². The van der Waals surface area contributed by atoms with Crippen molar-refractivity contribution in [2.75, 3.05) is 20.3 Å². The van der Waals surface area contributed by atoms with E-state index in [1.54, 1.807) is 0 Å². The quantitative estimate of drug-likeness (QED) is 0.692. The van der Waals surface area contributed by atoms with Crippen LogP contribution in [0.5, 0.6) is 0 Å². The van der Waals surface area contributed by atoms with Crippen LogP contribution in [0.1, 0.15) is 26.7 Å². The van der Waals surface area contributed by atoms with Crippen LogP contribution in [-0.2, 0) is 14.8 Å². The summed E-state index contributed by atoms with van der Waals surface area (Å²) in [5, 5.41) is 0. The number of ether oxygens (including phenoxy) is 1. The molecule has 0 N–H and O–H groups in total. The zero-order valence-electron chi connectivity index (χ0n) is 12.5. The number of sulfonamides is 1. The fourth-order valence-electron chi connectivity index (χ4n) is 2.19. The van der Waals surface area contributed by atoms with E-state index >= 15 is 0 Å². The molecule has 0 aliphatic heterocycles. The van der Waals surface area contributed by atoms with E-state index in [1.165, 1.54) is 23.5 Å². The third kappa shape index (κ3) is 4.48. The smallest absolute Gasteiger partial charge is 0.246 e. The summed E-state index contributed by atoms with van der Waals surface area (Å²) >= 11 is 3.13. The van der Waals surface area contributed by atoms with Gasteiger partial charge in [0.05, 0.1) is 6.61 Å². The first-order valence-corrected chi connectivity index (χ1v) is 9.07. The molecule has 7 heteroatoms. The maximum absolute atomic E-state index is 14.0. The standard InChI is InChI=1S/C14H21BrFNO3S/c1-4-12(5-2)17(8-9-20-3)21(18,19)14-7-6-11(15)10-13(14)16/h6-7,10,12H,4-5,8-9H2,1-3H3. The molecule has 0 unspecified atom stereocenters. The summed E-state index contributed by atoms with van der Waals surface area (Å²) in [5.41, 5.74) is 0. The van der Waals surface area contributed by atoms with Crippen molar-refractivity contribution in [3.8, 4) is 0 Å². The minimum Gasteiger partial charge on any atom is -0.383 e. The molecule has 0 bridgehead atoms. The Kier molecular flexibility index (Phi) is 7.26. The number of benzene rings is 1. The third-order valence-corrected chi connectivity index (χ3v) is 5.82. The van der Waals surface area contributed by atoms with Gasteiger partial charge in [-0.3, -0.25) is 0 Å². The van der Waals surface area contributed by atoms with Crippen LogP contribution in [0.4, 0.5) is 4.39 Å². The van der Waals surface area contributed by atoms with Gasteiger partial charge >= 0.3 is 0 Å². The van der Waals surface area contributed by atoms with Gasteiger partial charge in [-0.25, -0.2) is 12.8 Å². The minimum atomic E-state index is -3.89. The van der Waals surface area contributed by atoms with Crippen LogP contribution < -0.4 is 0 Å². The highest BCUT2D eigenvalue weighted by molar-refractivity contribution is 9.10. The average Bonchev–Trinajstić information content (AvgIpc) is 2.42. The zero-order chi connectivity index (χ0) is 16.0. The Hall–Kier alpha value is -0.500. The van der Waals surface area contributed by atoms with Crippen molar-refractivity contribution >= 4 is 26.0 Å². The van der Waals surface area contributed by atoms with Gasteiger partial charge in [-0.15, -0.1) is 0 Å². The lowest BCUT2D eigenvalue weighted by Gasteiger charge is -2.29. The monoisotopic (exact) mass is 381 g/mol. The Morgan fingerprint density at radius 3 is 2.43 bits per heavy atom. The van der Waals surface area contributed by atoms with Gasteiger partial charge in [0.2, 0.25) is 10.0 Å². The molecule has 0 atom stereocenters. The highest BCUT2D eigenvalue weighted by Gasteiger charge is 2.31. The second-order valence-corrected chi connectivity index (χ2v) is 7.43. The minimum absolute atomic E-state index is 0.173. The maximum Gasteiger partial charge on any atom is 0.246 e. The van der Waals surface area contributed by atoms with Gasteiger partial charge in [0, 0.05) is 24.2 Å². The lowest BCUT2D eigenvalue weighted by molar-refractivity contribution is 0.163. The second kappa shape index (κ2) is 8.22. The first-order valence-electron chi connectivity index (χ1n) is 6.84. The Morgan fingerprint density at radius 2 is 1.95 bits per heavy atom. The van der Waals surface area contributed by atoms with Crippen LogP contribution in [0.3, 0.4) is 0 Å². The predicted molar refractivity (Wildman–Crippen MR) is 84.2 cm³/mol. The molecule has 0 heterocycles. The lowest BCUT2D eigenvalue weighted by atomic mass is 10.2. The van der Waals surface area contributed by atoms with Crippen molar-refractivity contribution in [3.63, 3.8) is 0 Å². The highest BCUT2D eigenvalue weighted by Crippen LogP contribution is 2.25. The van der Waals surface area contributed by atoms with Gasteiger partial charge in [-0.05, 0) is 31.0 Å². The summed E-state index contributed by atoms with van der Waals surface area (Å²) in [4.78, 5) is -0.297. The molecule has 4 nitrogen and oxygen atoms in total. The fourth-order valence-corrected chi connectivity index (χ4v) is 4.32. The molecule has 0 aliphatic carbocycles. The normalized spacial score (nSPS) is 12.3. The molecule has 0 radical (unpaired) electrons. The molecule has 0 saturated carbocycles. The maximum atomic E-state index is 14.0. The van der Waals surface area contributed by atoms with Crippen LogP contribution in [0.2, 0.25) is 0 Å². The molecule has 1 aromatic carbocycles. The molecule has 1 rings (SSSR count). The highest BCUT2D eigenvalue weighted by atomic mass is 79.9. The molecule has 0 saturated heterocycles. The molecule has 0 amide bonds. The molecular formula is C14H21BrFNO3S. The SMILES string of the molecule is CCC(CC)N(CCOC)S(=O)(=O)c1ccc(Br)cc1F. The Bertz CT molecular complexity index is 561. The molecule has 21 heavy (non-hydrogen) atoms. The van der Waals surface area contributed by atoms with E-state index in [9.17, 15) is 12.8 Å². The van der Waals surface area contributed by atoms with Crippen molar-refractivity contribution in [2.24, 2.45) is 0 Å². The van der Waals surface area contributed by atoms with Gasteiger partial charge < -0.3 is 4.74 Å². The summed E-state index contributed by atoms with van der Waals surface area (Å²) in [6.45, 7) is 4.32. The number of halogens is 2. The van der Waals surface area contributed by atoms with Crippen LogP contribution >= 0.6 is 15.9 Å². The topological polar surface area (TPSA) is 46.6 Å². The number of nitrogens with zero attached hydrogens (tertiary/aromatic N) is 1. The summed E-state index contributed by atoms with van der Waals surface area (Å²) in [6.07, 6.45) is 1.33. The first-order chi connectivity index (χ1) is 9.88. The second-order valence-electron chi connectivity index (χ2n) is 4.65. The number of hydrogen-bond acceptors (Lipinski definition) is 3. The molecule has 0 aliphatic rings. The number of methoxy groups -OCH3 is 1. The molecule has 0 aromatic heterocycles. The largest absolute Gasteiger partial charge is 0.383 e. The Balaban J connectivity index is 3.25. The van der Waals surface area contributed by atoms with E-state index in [2.05, 4.69) is 15.9 Å². The zero-order valence-corrected chi connectivity index (χ0v) is 14.9. The van der Waals surface area contributed by atoms with Crippen molar-refractivity contribution in [1.82, 2.24) is 4.31 Å². The molecule has 0 fully saturated rings. The third-order valence-electron chi connectivity index (χ3n) is 3.35. The summed E-state index contributed by atoms with van der Waals surface area (Å²) in [6, 6.07) is 3.80. The van der Waals surface area contributed by atoms with Crippen molar-refractivity contribution in [3.05, 3.63) is 28.5 Å². The van der Waals surface area contributed by atoms with Crippen LogP contribution in [-0.4, -0.2) is 39.0 Å². The van der Waals surface area contributed by atoms with Crippen molar-refractivity contribution < 1.29 is 17.5 Å². The van der Waals surface area contributed by atoms with E-state index in [4.69, 9.17) is 4.74 Å². The van der Waals surface area contributed by atoms with Gasteiger partial charge in [0.25, 0.3) is 0 Å². The fraction of sp³-hybridized carbons (Fsp3) is 0.571. The molecular weight excluding hydrogens is 361 g/mol. The summed E-state index contributed by atoms with van der Waals surface area (Å²) < 4.78 is 46.3.